The third-order valence-corrected chi connectivity index (χ3v) is 2.22. The van der Waals surface area contributed by atoms with Crippen LogP contribution in [0.15, 0.2) is 30.3 Å². The van der Waals surface area contributed by atoms with Crippen LogP contribution in [0.1, 0.15) is 18.6 Å². The van der Waals surface area contributed by atoms with E-state index in [0.717, 1.165) is 5.56 Å². The average Bonchev–Trinajstić information content (AvgIpc) is 2.93. The summed E-state index contributed by atoms with van der Waals surface area (Å²) in [5.41, 5.74) is 0.828. The van der Waals surface area contributed by atoms with E-state index in [1.165, 1.54) is 6.92 Å². The van der Waals surface area contributed by atoms with Gasteiger partial charge in [0.2, 0.25) is 0 Å². The lowest BCUT2D eigenvalue weighted by molar-refractivity contribution is -0.147. The van der Waals surface area contributed by atoms with Crippen molar-refractivity contribution in [1.82, 2.24) is 0 Å². The molecule has 15 heavy (non-hydrogen) atoms. The molecule has 1 aliphatic rings. The van der Waals surface area contributed by atoms with Crippen molar-refractivity contribution in [2.45, 2.75) is 25.4 Å². The van der Waals surface area contributed by atoms with Crippen molar-refractivity contribution in [3.63, 3.8) is 0 Å². The maximum absolute atomic E-state index is 10.9. The number of carbonyl (C=O) groups excluding carboxylic acids is 1. The van der Waals surface area contributed by atoms with Gasteiger partial charge in [-0.05, 0) is 5.56 Å². The van der Waals surface area contributed by atoms with Crippen LogP contribution in [0.5, 0.6) is 0 Å². The van der Waals surface area contributed by atoms with E-state index in [9.17, 15) is 4.79 Å². The fourth-order valence-corrected chi connectivity index (χ4v) is 1.48. The molecule has 3 atom stereocenters. The van der Waals surface area contributed by atoms with Crippen LogP contribution in [0.2, 0.25) is 0 Å². The number of rotatable bonds is 3. The first-order valence-corrected chi connectivity index (χ1v) is 4.74. The first-order valence-electron chi connectivity index (χ1n) is 4.74. The Morgan fingerprint density at radius 3 is 2.53 bits per heavy atom. The van der Waals surface area contributed by atoms with Crippen molar-refractivity contribution in [2.24, 2.45) is 0 Å². The van der Waals surface area contributed by atoms with Gasteiger partial charge in [-0.3, -0.25) is 4.79 Å². The van der Waals surface area contributed by atoms with E-state index in [4.69, 9.17) is 14.6 Å². The Labute approximate surface area is 87.4 Å². The number of ether oxygens (including phenoxy) is 2. The normalized spacial score (nSPS) is 25.7. The molecule has 1 saturated heterocycles. The summed E-state index contributed by atoms with van der Waals surface area (Å²) in [6.07, 6.45) is -1.77. The van der Waals surface area contributed by atoms with Crippen LogP contribution in [0.25, 0.3) is 0 Å². The second kappa shape index (κ2) is 4.00. The third-order valence-electron chi connectivity index (χ3n) is 2.22. The smallest absolute Gasteiger partial charge is 0.303 e. The van der Waals surface area contributed by atoms with Gasteiger partial charge in [0.05, 0.1) is 0 Å². The number of benzene rings is 1. The molecule has 2 unspecified atom stereocenters. The Morgan fingerprint density at radius 1 is 1.47 bits per heavy atom. The molecule has 1 heterocycles. The van der Waals surface area contributed by atoms with Crippen molar-refractivity contribution >= 4 is 5.97 Å². The van der Waals surface area contributed by atoms with E-state index in [0.29, 0.717) is 0 Å². The second-order valence-electron chi connectivity index (χ2n) is 3.43. The van der Waals surface area contributed by atoms with Crippen LogP contribution in [-0.4, -0.2) is 23.5 Å². The van der Waals surface area contributed by atoms with E-state index >= 15 is 0 Å². The molecule has 0 saturated carbocycles. The van der Waals surface area contributed by atoms with E-state index in [2.05, 4.69) is 0 Å². The molecule has 4 nitrogen and oxygen atoms in total. The molecule has 0 bridgehead atoms. The fourth-order valence-electron chi connectivity index (χ4n) is 1.48. The Morgan fingerprint density at radius 2 is 2.07 bits per heavy atom. The molecule has 0 radical (unpaired) electrons. The molecule has 4 heteroatoms. The Bertz CT molecular complexity index is 349. The minimum atomic E-state index is -0.824. The Kier molecular flexibility index (Phi) is 2.70. The van der Waals surface area contributed by atoms with Gasteiger partial charge in [-0.1, -0.05) is 30.3 Å². The zero-order valence-corrected chi connectivity index (χ0v) is 8.29. The summed E-state index contributed by atoms with van der Waals surface area (Å²) < 4.78 is 10.0. The van der Waals surface area contributed by atoms with Crippen LogP contribution in [0.4, 0.5) is 0 Å². The standard InChI is InChI=1S/C11H12O4/c1-7(12)14-9(10-11(13)15-10)8-5-3-2-4-6-8/h2-6,9-11,13H,1H3/t9-,10?,11?/m1/s1. The summed E-state index contributed by atoms with van der Waals surface area (Å²) in [5.74, 6) is -0.383. The molecule has 1 N–H and O–H groups in total. The van der Waals surface area contributed by atoms with Crippen LogP contribution in [-0.2, 0) is 14.3 Å². The highest BCUT2D eigenvalue weighted by Gasteiger charge is 2.46. The van der Waals surface area contributed by atoms with Gasteiger partial charge in [0, 0.05) is 6.92 Å². The quantitative estimate of drug-likeness (QED) is 0.595. The van der Waals surface area contributed by atoms with Gasteiger partial charge in [0.1, 0.15) is 0 Å². The summed E-state index contributed by atoms with van der Waals surface area (Å²) in [4.78, 5) is 10.9. The highest BCUT2D eigenvalue weighted by atomic mass is 16.7. The van der Waals surface area contributed by atoms with Gasteiger partial charge >= 0.3 is 5.97 Å². The van der Waals surface area contributed by atoms with Gasteiger partial charge in [0.15, 0.2) is 18.5 Å². The molecular weight excluding hydrogens is 196 g/mol. The molecule has 1 fully saturated rings. The fraction of sp³-hybridized carbons (Fsp3) is 0.364. The highest BCUT2D eigenvalue weighted by molar-refractivity contribution is 5.66. The van der Waals surface area contributed by atoms with E-state index < -0.39 is 18.5 Å². The summed E-state index contributed by atoms with van der Waals surface area (Å²) >= 11 is 0. The molecule has 0 aliphatic carbocycles. The SMILES string of the molecule is CC(=O)O[C@H](c1ccccc1)C1OC1O. The highest BCUT2D eigenvalue weighted by Crippen LogP contribution is 2.35. The molecule has 1 aliphatic heterocycles. The lowest BCUT2D eigenvalue weighted by Crippen LogP contribution is -2.15. The maximum atomic E-state index is 10.9. The largest absolute Gasteiger partial charge is 0.455 e. The van der Waals surface area contributed by atoms with Crippen molar-refractivity contribution in [2.75, 3.05) is 0 Å². The summed E-state index contributed by atoms with van der Waals surface area (Å²) in [5, 5.41) is 9.16. The van der Waals surface area contributed by atoms with Gasteiger partial charge in [-0.25, -0.2) is 0 Å². The van der Waals surface area contributed by atoms with E-state index in [-0.39, 0.29) is 5.97 Å². The molecule has 0 spiro atoms. The zero-order valence-electron chi connectivity index (χ0n) is 8.29. The number of aliphatic hydroxyl groups is 1. The number of carbonyl (C=O) groups is 1. The molecule has 2 rings (SSSR count). The van der Waals surface area contributed by atoms with E-state index in [1.807, 2.05) is 30.3 Å². The number of aliphatic hydroxyl groups excluding tert-OH is 1. The predicted octanol–water partition coefficient (Wildman–Crippen LogP) is 1.01. The maximum Gasteiger partial charge on any atom is 0.303 e. The lowest BCUT2D eigenvalue weighted by Gasteiger charge is -2.14. The first kappa shape index (κ1) is 10.1. The van der Waals surface area contributed by atoms with Crippen LogP contribution < -0.4 is 0 Å². The van der Waals surface area contributed by atoms with Gasteiger partial charge < -0.3 is 14.6 Å². The lowest BCUT2D eigenvalue weighted by atomic mass is 10.1. The van der Waals surface area contributed by atoms with Gasteiger partial charge in [-0.15, -0.1) is 0 Å². The summed E-state index contributed by atoms with van der Waals surface area (Å²) in [7, 11) is 0. The zero-order chi connectivity index (χ0) is 10.8. The molecule has 80 valence electrons. The Hall–Kier alpha value is -1.39. The number of esters is 1. The van der Waals surface area contributed by atoms with Crippen molar-refractivity contribution in [3.05, 3.63) is 35.9 Å². The van der Waals surface area contributed by atoms with Crippen LogP contribution in [0, 0.1) is 0 Å². The second-order valence-corrected chi connectivity index (χ2v) is 3.43. The monoisotopic (exact) mass is 208 g/mol. The minimum absolute atomic E-state index is 0.383. The van der Waals surface area contributed by atoms with Crippen LogP contribution >= 0.6 is 0 Å². The molecule has 1 aromatic carbocycles. The molecule has 1 aromatic rings. The Balaban J connectivity index is 2.15. The summed E-state index contributed by atoms with van der Waals surface area (Å²) in [6.45, 7) is 1.34. The van der Waals surface area contributed by atoms with Crippen molar-refractivity contribution < 1.29 is 19.4 Å². The molecule has 0 amide bonds. The summed E-state index contributed by atoms with van der Waals surface area (Å²) in [6, 6.07) is 9.24. The number of epoxide rings is 1. The average molecular weight is 208 g/mol. The number of hydrogen-bond donors (Lipinski definition) is 1. The molecular formula is C11H12O4. The third kappa shape index (κ3) is 2.34. The van der Waals surface area contributed by atoms with Crippen LogP contribution in [0.3, 0.4) is 0 Å². The molecule has 0 aromatic heterocycles. The van der Waals surface area contributed by atoms with Gasteiger partial charge in [0.25, 0.3) is 0 Å². The topological polar surface area (TPSA) is 59.1 Å². The predicted molar refractivity (Wildman–Crippen MR) is 51.8 cm³/mol. The number of hydrogen-bond acceptors (Lipinski definition) is 4. The van der Waals surface area contributed by atoms with Crippen molar-refractivity contribution in [3.8, 4) is 0 Å². The van der Waals surface area contributed by atoms with Gasteiger partial charge in [-0.2, -0.15) is 0 Å². The van der Waals surface area contributed by atoms with Crippen molar-refractivity contribution in [1.29, 1.82) is 0 Å². The minimum Gasteiger partial charge on any atom is -0.455 e. The van der Waals surface area contributed by atoms with E-state index in [1.54, 1.807) is 0 Å². The first-order chi connectivity index (χ1) is 7.18.